The highest BCUT2D eigenvalue weighted by atomic mass is 16.8. The second kappa shape index (κ2) is 3.18. The molecule has 0 aliphatic carbocycles. The van der Waals surface area contributed by atoms with Gasteiger partial charge in [-0.3, -0.25) is 0 Å². The minimum absolute atomic E-state index is 0.0172. The zero-order valence-corrected chi connectivity index (χ0v) is 9.58. The lowest BCUT2D eigenvalue weighted by molar-refractivity contribution is -0.257. The SMILES string of the molecule is CC1(C)OC2OC3(N)C[C@H](O)C(=O)OC3[C@H]2O1. The first-order valence-corrected chi connectivity index (χ1v) is 5.52. The van der Waals surface area contributed by atoms with Gasteiger partial charge in [-0.1, -0.05) is 0 Å². The van der Waals surface area contributed by atoms with E-state index in [0.717, 1.165) is 0 Å². The predicted molar refractivity (Wildman–Crippen MR) is 52.3 cm³/mol. The molecule has 0 amide bonds. The Kier molecular flexibility index (Phi) is 2.13. The minimum atomic E-state index is -1.26. The van der Waals surface area contributed by atoms with Crippen LogP contribution in [0.5, 0.6) is 0 Å². The molecule has 0 aromatic carbocycles. The molecular formula is C10H15NO6. The number of nitrogens with two attached hydrogens (primary N) is 1. The summed E-state index contributed by atoms with van der Waals surface area (Å²) in [7, 11) is 0. The molecule has 0 bridgehead atoms. The number of rotatable bonds is 0. The smallest absolute Gasteiger partial charge is 0.335 e. The summed E-state index contributed by atoms with van der Waals surface area (Å²) in [5.74, 6) is -1.49. The lowest BCUT2D eigenvalue weighted by atomic mass is 9.95. The average molecular weight is 245 g/mol. The molecule has 0 aromatic rings. The van der Waals surface area contributed by atoms with Crippen LogP contribution in [0.4, 0.5) is 0 Å². The summed E-state index contributed by atoms with van der Waals surface area (Å²) < 4.78 is 21.7. The van der Waals surface area contributed by atoms with Crippen molar-refractivity contribution in [1.29, 1.82) is 0 Å². The number of carbonyl (C=O) groups is 1. The number of carbonyl (C=O) groups excluding carboxylic acids is 1. The number of hydrogen-bond acceptors (Lipinski definition) is 7. The maximum absolute atomic E-state index is 11.3. The summed E-state index contributed by atoms with van der Waals surface area (Å²) in [6.07, 6.45) is -3.24. The quantitative estimate of drug-likeness (QED) is 0.518. The molecule has 3 saturated heterocycles. The van der Waals surface area contributed by atoms with Gasteiger partial charge in [0.15, 0.2) is 36.1 Å². The van der Waals surface area contributed by atoms with Gasteiger partial charge in [-0.2, -0.15) is 0 Å². The topological polar surface area (TPSA) is 100 Å². The first-order valence-electron chi connectivity index (χ1n) is 5.52. The van der Waals surface area contributed by atoms with Crippen molar-refractivity contribution < 1.29 is 28.8 Å². The molecule has 0 saturated carbocycles. The standard InChI is InChI=1S/C10H15NO6/c1-9(2)15-5-6-10(11,17-8(5)16-9)3-4(12)7(13)14-6/h4-6,8,12H,3,11H2,1-2H3/t4-,5+,6?,8?,10?/m0/s1. The Morgan fingerprint density at radius 2 is 2.06 bits per heavy atom. The van der Waals surface area contributed by atoms with Crippen molar-refractivity contribution in [2.45, 2.75) is 56.4 Å². The van der Waals surface area contributed by atoms with Crippen molar-refractivity contribution >= 4 is 5.97 Å². The highest BCUT2D eigenvalue weighted by molar-refractivity contribution is 5.76. The number of esters is 1. The molecule has 3 N–H and O–H groups in total. The molecule has 3 heterocycles. The van der Waals surface area contributed by atoms with E-state index in [1.807, 2.05) is 0 Å². The van der Waals surface area contributed by atoms with E-state index in [2.05, 4.69) is 0 Å². The molecule has 17 heavy (non-hydrogen) atoms. The summed E-state index contributed by atoms with van der Waals surface area (Å²) in [4.78, 5) is 11.3. The van der Waals surface area contributed by atoms with E-state index in [4.69, 9.17) is 24.7 Å². The highest BCUT2D eigenvalue weighted by Gasteiger charge is 2.65. The minimum Gasteiger partial charge on any atom is -0.453 e. The van der Waals surface area contributed by atoms with Gasteiger partial charge in [0, 0.05) is 6.42 Å². The maximum Gasteiger partial charge on any atom is 0.335 e. The van der Waals surface area contributed by atoms with Crippen LogP contribution in [0.2, 0.25) is 0 Å². The lowest BCUT2D eigenvalue weighted by Crippen LogP contribution is -2.60. The molecule has 96 valence electrons. The molecule has 7 nitrogen and oxygen atoms in total. The Morgan fingerprint density at radius 1 is 1.35 bits per heavy atom. The molecule has 7 heteroatoms. The van der Waals surface area contributed by atoms with E-state index in [-0.39, 0.29) is 6.42 Å². The van der Waals surface area contributed by atoms with Crippen molar-refractivity contribution in [1.82, 2.24) is 0 Å². The van der Waals surface area contributed by atoms with Crippen LogP contribution in [0.25, 0.3) is 0 Å². The van der Waals surface area contributed by atoms with Gasteiger partial charge < -0.3 is 29.8 Å². The fourth-order valence-electron chi connectivity index (χ4n) is 2.54. The van der Waals surface area contributed by atoms with Gasteiger partial charge in [0.2, 0.25) is 0 Å². The Labute approximate surface area is 97.8 Å². The molecule has 0 spiro atoms. The summed E-state index contributed by atoms with van der Waals surface area (Å²) in [6.45, 7) is 3.48. The number of aliphatic hydroxyl groups is 1. The number of ether oxygens (including phenoxy) is 4. The Balaban J connectivity index is 1.87. The molecule has 3 rings (SSSR count). The predicted octanol–water partition coefficient (Wildman–Crippen LogP) is -1.17. The third-order valence-electron chi connectivity index (χ3n) is 3.23. The first-order chi connectivity index (χ1) is 7.81. The van der Waals surface area contributed by atoms with Gasteiger partial charge in [0.05, 0.1) is 0 Å². The average Bonchev–Trinajstić information content (AvgIpc) is 2.57. The fourth-order valence-corrected chi connectivity index (χ4v) is 2.54. The van der Waals surface area contributed by atoms with E-state index in [9.17, 15) is 9.90 Å². The summed E-state index contributed by atoms with van der Waals surface area (Å²) in [5.41, 5.74) is 4.74. The van der Waals surface area contributed by atoms with E-state index in [1.54, 1.807) is 13.8 Å². The molecule has 5 atom stereocenters. The molecule has 0 radical (unpaired) electrons. The third kappa shape index (κ3) is 1.58. The molecule has 3 unspecified atom stereocenters. The van der Waals surface area contributed by atoms with Gasteiger partial charge in [-0.05, 0) is 13.8 Å². The van der Waals surface area contributed by atoms with Crippen molar-refractivity contribution in [3.05, 3.63) is 0 Å². The van der Waals surface area contributed by atoms with Crippen LogP contribution < -0.4 is 5.73 Å². The van der Waals surface area contributed by atoms with Crippen LogP contribution in [-0.2, 0) is 23.7 Å². The monoisotopic (exact) mass is 245 g/mol. The largest absolute Gasteiger partial charge is 0.453 e. The van der Waals surface area contributed by atoms with Crippen molar-refractivity contribution in [3.63, 3.8) is 0 Å². The highest BCUT2D eigenvalue weighted by Crippen LogP contribution is 2.44. The van der Waals surface area contributed by atoms with Crippen molar-refractivity contribution in [2.24, 2.45) is 5.73 Å². The van der Waals surface area contributed by atoms with E-state index in [1.165, 1.54) is 0 Å². The normalized spacial score (nSPS) is 51.9. The summed E-state index contributed by atoms with van der Waals surface area (Å²) in [6, 6.07) is 0. The van der Waals surface area contributed by atoms with E-state index in [0.29, 0.717) is 0 Å². The van der Waals surface area contributed by atoms with E-state index < -0.39 is 42.1 Å². The maximum atomic E-state index is 11.3. The van der Waals surface area contributed by atoms with Crippen molar-refractivity contribution in [3.8, 4) is 0 Å². The lowest BCUT2D eigenvalue weighted by Gasteiger charge is -2.37. The summed E-state index contributed by atoms with van der Waals surface area (Å²) in [5, 5.41) is 9.44. The number of fused-ring (bicyclic) bond motifs is 3. The third-order valence-corrected chi connectivity index (χ3v) is 3.23. The van der Waals surface area contributed by atoms with Gasteiger partial charge in [-0.25, -0.2) is 4.79 Å². The zero-order valence-electron chi connectivity index (χ0n) is 9.58. The van der Waals surface area contributed by atoms with Crippen LogP contribution >= 0.6 is 0 Å². The Bertz CT molecular complexity index is 372. The van der Waals surface area contributed by atoms with Crippen LogP contribution in [-0.4, -0.2) is 47.2 Å². The second-order valence-electron chi connectivity index (χ2n) is 5.12. The van der Waals surface area contributed by atoms with Gasteiger partial charge >= 0.3 is 5.97 Å². The van der Waals surface area contributed by atoms with Gasteiger partial charge in [0.1, 0.15) is 0 Å². The molecule has 3 aliphatic rings. The summed E-state index contributed by atoms with van der Waals surface area (Å²) >= 11 is 0. The Morgan fingerprint density at radius 3 is 2.76 bits per heavy atom. The van der Waals surface area contributed by atoms with Gasteiger partial charge in [-0.15, -0.1) is 0 Å². The van der Waals surface area contributed by atoms with Crippen LogP contribution in [0.1, 0.15) is 20.3 Å². The van der Waals surface area contributed by atoms with Crippen LogP contribution in [0, 0.1) is 0 Å². The first kappa shape index (κ1) is 11.4. The van der Waals surface area contributed by atoms with Crippen LogP contribution in [0.3, 0.4) is 0 Å². The second-order valence-corrected chi connectivity index (χ2v) is 5.12. The Hall–Kier alpha value is -0.730. The fraction of sp³-hybridized carbons (Fsp3) is 0.900. The van der Waals surface area contributed by atoms with Gasteiger partial charge in [0.25, 0.3) is 0 Å². The molecular weight excluding hydrogens is 230 g/mol. The molecule has 3 fully saturated rings. The number of hydrogen-bond donors (Lipinski definition) is 2. The van der Waals surface area contributed by atoms with Crippen molar-refractivity contribution in [2.75, 3.05) is 0 Å². The zero-order chi connectivity index (χ0) is 12.4. The van der Waals surface area contributed by atoms with E-state index >= 15 is 0 Å². The molecule has 3 aliphatic heterocycles. The molecule has 0 aromatic heterocycles. The van der Waals surface area contributed by atoms with Crippen LogP contribution in [0.15, 0.2) is 0 Å². The number of aliphatic hydroxyl groups excluding tert-OH is 1.